The monoisotopic (exact) mass is 333 g/mol. The molecule has 1 fully saturated rings. The summed E-state index contributed by atoms with van der Waals surface area (Å²) in [6.07, 6.45) is 0. The molecular weight excluding hydrogens is 310 g/mol. The number of hydrogen-bond acceptors (Lipinski definition) is 2. The molecule has 2 atom stereocenters. The summed E-state index contributed by atoms with van der Waals surface area (Å²) in [5.74, 6) is 0.733. The van der Waals surface area contributed by atoms with Crippen molar-refractivity contribution in [2.45, 2.75) is 19.8 Å². The molecule has 0 radical (unpaired) electrons. The molecule has 5 heteroatoms. The summed E-state index contributed by atoms with van der Waals surface area (Å²) in [4.78, 5) is 17.9. The van der Waals surface area contributed by atoms with Crippen LogP contribution in [-0.2, 0) is 0 Å². The van der Waals surface area contributed by atoms with E-state index in [0.29, 0.717) is 24.1 Å². The number of hydrogen-bond donors (Lipinski definition) is 2. The maximum absolute atomic E-state index is 12.8. The zero-order chi connectivity index (χ0) is 15.7. The van der Waals surface area contributed by atoms with Gasteiger partial charge in [0.15, 0.2) is 0 Å². The number of nitrogens with two attached hydrogens (primary N) is 1. The lowest BCUT2D eigenvalue weighted by molar-refractivity contribution is 0.0780. The maximum atomic E-state index is 12.8. The van der Waals surface area contributed by atoms with Gasteiger partial charge in [-0.1, -0.05) is 30.3 Å². The van der Waals surface area contributed by atoms with Gasteiger partial charge in [-0.05, 0) is 43.5 Å². The zero-order valence-electron chi connectivity index (χ0n) is 13.6. The second-order valence-corrected chi connectivity index (χ2v) is 6.23. The number of nitrogens with one attached hydrogen (secondary N) is 1. The number of rotatable bonds is 3. The van der Waals surface area contributed by atoms with Crippen molar-refractivity contribution < 1.29 is 4.79 Å². The van der Waals surface area contributed by atoms with Crippen LogP contribution in [-0.4, -0.2) is 35.4 Å². The normalized spacial score (nSPS) is 20.4. The largest absolute Gasteiger partial charge is 0.354 e. The van der Waals surface area contributed by atoms with Gasteiger partial charge in [0.1, 0.15) is 5.69 Å². The van der Waals surface area contributed by atoms with Crippen LogP contribution in [0.1, 0.15) is 33.2 Å². The SMILES string of the molecule is Cc1cc(C)c(C(=O)N2C[C@@H](CN)[C@H](c3ccccc3)C2)[nH]1.Cl. The fourth-order valence-corrected chi connectivity index (χ4v) is 3.46. The van der Waals surface area contributed by atoms with Crippen molar-refractivity contribution in [1.29, 1.82) is 0 Å². The van der Waals surface area contributed by atoms with Crippen molar-refractivity contribution in [3.8, 4) is 0 Å². The maximum Gasteiger partial charge on any atom is 0.270 e. The Kier molecular flexibility index (Phi) is 5.50. The molecule has 0 saturated carbocycles. The van der Waals surface area contributed by atoms with Gasteiger partial charge in [0.25, 0.3) is 5.91 Å². The van der Waals surface area contributed by atoms with Crippen LogP contribution in [0.4, 0.5) is 0 Å². The zero-order valence-corrected chi connectivity index (χ0v) is 14.4. The highest BCUT2D eigenvalue weighted by Gasteiger charge is 2.36. The molecule has 1 aliphatic rings. The van der Waals surface area contributed by atoms with Gasteiger partial charge in [0.05, 0.1) is 0 Å². The average Bonchev–Trinajstić information content (AvgIpc) is 3.10. The smallest absolute Gasteiger partial charge is 0.270 e. The van der Waals surface area contributed by atoms with Gasteiger partial charge in [-0.3, -0.25) is 4.79 Å². The third-order valence-corrected chi connectivity index (χ3v) is 4.62. The highest BCUT2D eigenvalue weighted by Crippen LogP contribution is 2.33. The highest BCUT2D eigenvalue weighted by atomic mass is 35.5. The van der Waals surface area contributed by atoms with E-state index in [-0.39, 0.29) is 18.3 Å². The van der Waals surface area contributed by atoms with Crippen LogP contribution in [0.5, 0.6) is 0 Å². The van der Waals surface area contributed by atoms with Gasteiger partial charge in [0, 0.05) is 24.7 Å². The Balaban J connectivity index is 0.00000192. The molecule has 2 aromatic rings. The Morgan fingerprint density at radius 1 is 1.26 bits per heavy atom. The van der Waals surface area contributed by atoms with Gasteiger partial charge >= 0.3 is 0 Å². The standard InChI is InChI=1S/C18H23N3O.ClH/c1-12-8-13(2)20-17(12)18(22)21-10-15(9-19)16(11-21)14-6-4-3-5-7-14;/h3-8,15-16,20H,9-11,19H2,1-2H3;1H/t15-,16+;/m1./s1. The molecule has 2 heterocycles. The molecule has 1 saturated heterocycles. The topological polar surface area (TPSA) is 62.1 Å². The Bertz CT molecular complexity index is 668. The van der Waals surface area contributed by atoms with Crippen molar-refractivity contribution in [2.24, 2.45) is 11.7 Å². The number of carbonyl (C=O) groups excluding carboxylic acids is 1. The van der Waals surface area contributed by atoms with E-state index in [4.69, 9.17) is 5.73 Å². The Morgan fingerprint density at radius 2 is 1.96 bits per heavy atom. The molecule has 0 aliphatic carbocycles. The Morgan fingerprint density at radius 3 is 2.52 bits per heavy atom. The number of nitrogens with zero attached hydrogens (tertiary/aromatic N) is 1. The fourth-order valence-electron chi connectivity index (χ4n) is 3.46. The van der Waals surface area contributed by atoms with Gasteiger partial charge in [0.2, 0.25) is 0 Å². The van der Waals surface area contributed by atoms with E-state index in [0.717, 1.165) is 24.3 Å². The minimum atomic E-state index is 0. The Hall–Kier alpha value is -1.78. The van der Waals surface area contributed by atoms with Crippen molar-refractivity contribution in [3.05, 3.63) is 58.9 Å². The second-order valence-electron chi connectivity index (χ2n) is 6.23. The first kappa shape index (κ1) is 17.6. The molecule has 4 nitrogen and oxygen atoms in total. The number of benzene rings is 1. The lowest BCUT2D eigenvalue weighted by Gasteiger charge is -2.16. The molecule has 3 N–H and O–H groups in total. The quantitative estimate of drug-likeness (QED) is 0.907. The van der Waals surface area contributed by atoms with Crippen molar-refractivity contribution >= 4 is 18.3 Å². The summed E-state index contributed by atoms with van der Waals surface area (Å²) in [6.45, 7) is 6.02. The number of halogens is 1. The van der Waals surface area contributed by atoms with E-state index >= 15 is 0 Å². The first-order valence-corrected chi connectivity index (χ1v) is 7.80. The summed E-state index contributed by atoms with van der Waals surface area (Å²) < 4.78 is 0. The summed E-state index contributed by atoms with van der Waals surface area (Å²) in [5, 5.41) is 0. The first-order valence-electron chi connectivity index (χ1n) is 7.80. The summed E-state index contributed by atoms with van der Waals surface area (Å²) in [7, 11) is 0. The van der Waals surface area contributed by atoms with Crippen LogP contribution in [0.25, 0.3) is 0 Å². The third kappa shape index (κ3) is 3.43. The van der Waals surface area contributed by atoms with Crippen LogP contribution in [0.2, 0.25) is 0 Å². The molecule has 1 aromatic carbocycles. The number of likely N-dealkylation sites (tertiary alicyclic amines) is 1. The van der Waals surface area contributed by atoms with Crippen molar-refractivity contribution in [3.63, 3.8) is 0 Å². The van der Waals surface area contributed by atoms with E-state index < -0.39 is 0 Å². The molecule has 1 aliphatic heterocycles. The lowest BCUT2D eigenvalue weighted by atomic mass is 9.89. The fraction of sp³-hybridized carbons (Fsp3) is 0.389. The molecule has 1 aromatic heterocycles. The van der Waals surface area contributed by atoms with Crippen molar-refractivity contribution in [2.75, 3.05) is 19.6 Å². The number of H-pyrrole nitrogens is 1. The van der Waals surface area contributed by atoms with Crippen LogP contribution in [0.15, 0.2) is 36.4 Å². The van der Waals surface area contributed by atoms with E-state index in [1.807, 2.05) is 43.0 Å². The first-order chi connectivity index (χ1) is 10.6. The molecule has 23 heavy (non-hydrogen) atoms. The molecule has 1 amide bonds. The number of aromatic amines is 1. The minimum absolute atomic E-state index is 0. The summed E-state index contributed by atoms with van der Waals surface area (Å²) in [6, 6.07) is 12.4. The van der Waals surface area contributed by atoms with E-state index in [9.17, 15) is 4.79 Å². The van der Waals surface area contributed by atoms with Crippen LogP contribution >= 0.6 is 12.4 Å². The Labute approximate surface area is 143 Å². The van der Waals surface area contributed by atoms with Gasteiger partial charge < -0.3 is 15.6 Å². The number of amides is 1. The van der Waals surface area contributed by atoms with Crippen LogP contribution < -0.4 is 5.73 Å². The van der Waals surface area contributed by atoms with Gasteiger partial charge in [-0.15, -0.1) is 12.4 Å². The molecule has 124 valence electrons. The van der Waals surface area contributed by atoms with Crippen molar-refractivity contribution in [1.82, 2.24) is 9.88 Å². The third-order valence-electron chi connectivity index (χ3n) is 4.62. The predicted octanol–water partition coefficient (Wildman–Crippen LogP) is 2.87. The minimum Gasteiger partial charge on any atom is -0.354 e. The molecular formula is C18H24ClN3O. The molecule has 0 unspecified atom stereocenters. The van der Waals surface area contributed by atoms with Gasteiger partial charge in [-0.2, -0.15) is 0 Å². The van der Waals surface area contributed by atoms with Crippen LogP contribution in [0.3, 0.4) is 0 Å². The predicted molar refractivity (Wildman–Crippen MR) is 95.1 cm³/mol. The number of aromatic nitrogens is 1. The second kappa shape index (κ2) is 7.20. The van der Waals surface area contributed by atoms with E-state index in [1.54, 1.807) is 0 Å². The lowest BCUT2D eigenvalue weighted by Crippen LogP contribution is -2.30. The van der Waals surface area contributed by atoms with E-state index in [2.05, 4.69) is 17.1 Å². The molecule has 3 rings (SSSR count). The summed E-state index contributed by atoms with van der Waals surface area (Å²) in [5.41, 5.74) is 9.96. The number of aryl methyl sites for hydroxylation is 2. The van der Waals surface area contributed by atoms with Crippen LogP contribution in [0, 0.1) is 19.8 Å². The average molecular weight is 334 g/mol. The highest BCUT2D eigenvalue weighted by molar-refractivity contribution is 5.94. The summed E-state index contributed by atoms with van der Waals surface area (Å²) >= 11 is 0. The number of carbonyl (C=O) groups is 1. The van der Waals surface area contributed by atoms with E-state index in [1.165, 1.54) is 5.56 Å². The molecule has 0 bridgehead atoms. The van der Waals surface area contributed by atoms with Gasteiger partial charge in [-0.25, -0.2) is 0 Å². The molecule has 0 spiro atoms.